The molecule has 0 spiro atoms. The Morgan fingerprint density at radius 2 is 2.10 bits per heavy atom. The molecule has 1 amide bonds. The van der Waals surface area contributed by atoms with Crippen LogP contribution in [0.1, 0.15) is 40.4 Å². The van der Waals surface area contributed by atoms with Gasteiger partial charge in [-0.1, -0.05) is 12.1 Å². The average molecular weight is 287 g/mol. The van der Waals surface area contributed by atoms with E-state index in [1.165, 1.54) is 5.56 Å². The summed E-state index contributed by atoms with van der Waals surface area (Å²) >= 11 is 1.72. The van der Waals surface area contributed by atoms with Crippen molar-refractivity contribution in [2.45, 2.75) is 39.7 Å². The summed E-state index contributed by atoms with van der Waals surface area (Å²) in [6, 6.07) is 8.19. The Bertz CT molecular complexity index is 575. The van der Waals surface area contributed by atoms with E-state index in [0.29, 0.717) is 0 Å². The Hall–Kier alpha value is -1.61. The van der Waals surface area contributed by atoms with Gasteiger partial charge in [0.1, 0.15) is 0 Å². The summed E-state index contributed by atoms with van der Waals surface area (Å²) in [5, 5.41) is 7.35. The molecule has 0 aliphatic heterocycles. The van der Waals surface area contributed by atoms with Crippen LogP contribution in [0.3, 0.4) is 0 Å². The molecule has 0 aliphatic carbocycles. The maximum absolute atomic E-state index is 12.3. The van der Waals surface area contributed by atoms with Gasteiger partial charge in [0, 0.05) is 11.6 Å². The van der Waals surface area contributed by atoms with Gasteiger partial charge in [-0.2, -0.15) is 11.3 Å². The van der Waals surface area contributed by atoms with Gasteiger partial charge < -0.3 is 5.32 Å². The highest BCUT2D eigenvalue weighted by Gasteiger charge is 2.12. The second kappa shape index (κ2) is 6.71. The Kier molecular flexibility index (Phi) is 4.96. The summed E-state index contributed by atoms with van der Waals surface area (Å²) in [5.41, 5.74) is 4.36. The molecule has 0 bridgehead atoms. The monoisotopic (exact) mass is 287 g/mol. The van der Waals surface area contributed by atoms with Crippen LogP contribution >= 0.6 is 11.3 Å². The summed E-state index contributed by atoms with van der Waals surface area (Å²) in [6.45, 7) is 6.10. The lowest BCUT2D eigenvalue weighted by Gasteiger charge is -2.15. The van der Waals surface area contributed by atoms with Crippen molar-refractivity contribution >= 4 is 17.2 Å². The van der Waals surface area contributed by atoms with E-state index in [1.54, 1.807) is 11.3 Å². The molecular formula is C17H21NOS. The highest BCUT2D eigenvalue weighted by atomic mass is 32.1. The highest BCUT2D eigenvalue weighted by Crippen LogP contribution is 2.14. The molecule has 3 heteroatoms. The molecular weight excluding hydrogens is 266 g/mol. The van der Waals surface area contributed by atoms with Crippen molar-refractivity contribution in [3.8, 4) is 0 Å². The van der Waals surface area contributed by atoms with E-state index in [4.69, 9.17) is 0 Å². The molecule has 106 valence electrons. The number of carbonyl (C=O) groups excluding carboxylic acids is 1. The molecule has 1 atom stereocenters. The maximum atomic E-state index is 12.3. The molecule has 1 aromatic carbocycles. The molecule has 1 N–H and O–H groups in total. The predicted octanol–water partition coefficient (Wildman–Crippen LogP) is 4.12. The normalized spacial score (nSPS) is 12.2. The number of hydrogen-bond donors (Lipinski definition) is 1. The summed E-state index contributed by atoms with van der Waals surface area (Å²) in [4.78, 5) is 12.3. The Morgan fingerprint density at radius 1 is 1.30 bits per heavy atom. The van der Waals surface area contributed by atoms with Crippen molar-refractivity contribution in [1.82, 2.24) is 5.32 Å². The number of rotatable bonds is 5. The summed E-state index contributed by atoms with van der Waals surface area (Å²) in [6.07, 6.45) is 1.98. The molecule has 1 aromatic heterocycles. The third-order valence-electron chi connectivity index (χ3n) is 3.67. The lowest BCUT2D eigenvalue weighted by molar-refractivity contribution is 0.0937. The van der Waals surface area contributed by atoms with Crippen molar-refractivity contribution < 1.29 is 4.79 Å². The van der Waals surface area contributed by atoms with E-state index in [2.05, 4.69) is 29.1 Å². The van der Waals surface area contributed by atoms with Gasteiger partial charge >= 0.3 is 0 Å². The fourth-order valence-corrected chi connectivity index (χ4v) is 2.89. The lowest BCUT2D eigenvalue weighted by Crippen LogP contribution is -2.33. The quantitative estimate of drug-likeness (QED) is 0.880. The molecule has 20 heavy (non-hydrogen) atoms. The molecule has 0 saturated heterocycles. The van der Waals surface area contributed by atoms with E-state index in [9.17, 15) is 4.79 Å². The van der Waals surface area contributed by atoms with Gasteiger partial charge in [-0.25, -0.2) is 0 Å². The second-order valence-corrected chi connectivity index (χ2v) is 6.07. The first-order chi connectivity index (χ1) is 9.58. The Morgan fingerprint density at radius 3 is 2.80 bits per heavy atom. The number of benzene rings is 1. The van der Waals surface area contributed by atoms with Crippen molar-refractivity contribution in [2.75, 3.05) is 0 Å². The molecule has 2 aromatic rings. The number of nitrogens with one attached hydrogen (secondary N) is 1. The SMILES string of the molecule is Cc1cccc(C(=O)NC(C)CCc2ccsc2)c1C. The summed E-state index contributed by atoms with van der Waals surface area (Å²) in [7, 11) is 0. The molecule has 1 heterocycles. The molecule has 1 unspecified atom stereocenters. The minimum absolute atomic E-state index is 0.0315. The molecule has 0 fully saturated rings. The van der Waals surface area contributed by atoms with Crippen LogP contribution in [0.2, 0.25) is 0 Å². The van der Waals surface area contributed by atoms with Crippen molar-refractivity contribution in [2.24, 2.45) is 0 Å². The van der Waals surface area contributed by atoms with Crippen molar-refractivity contribution in [3.63, 3.8) is 0 Å². The zero-order chi connectivity index (χ0) is 14.5. The van der Waals surface area contributed by atoms with Gasteiger partial charge in [-0.15, -0.1) is 0 Å². The van der Waals surface area contributed by atoms with Crippen LogP contribution in [0.25, 0.3) is 0 Å². The Labute approximate surface area is 124 Å². The van der Waals surface area contributed by atoms with Crippen LogP contribution < -0.4 is 5.32 Å². The minimum Gasteiger partial charge on any atom is -0.350 e. The molecule has 0 aliphatic rings. The molecule has 2 nitrogen and oxygen atoms in total. The first kappa shape index (κ1) is 14.8. The highest BCUT2D eigenvalue weighted by molar-refractivity contribution is 7.07. The van der Waals surface area contributed by atoms with E-state index in [1.807, 2.05) is 32.0 Å². The first-order valence-corrected chi connectivity index (χ1v) is 7.90. The third kappa shape index (κ3) is 3.70. The standard InChI is InChI=1S/C17H21NOS/c1-12-5-4-6-16(14(12)3)17(19)18-13(2)7-8-15-9-10-20-11-15/h4-6,9-11,13H,7-8H2,1-3H3,(H,18,19). The number of aryl methyl sites for hydroxylation is 2. The van der Waals surface area contributed by atoms with Gasteiger partial charge in [-0.05, 0) is 73.2 Å². The summed E-state index contributed by atoms with van der Waals surface area (Å²) < 4.78 is 0. The number of amides is 1. The van der Waals surface area contributed by atoms with Gasteiger partial charge in [0.05, 0.1) is 0 Å². The molecule has 0 saturated carbocycles. The molecule has 2 rings (SSSR count). The Balaban J connectivity index is 1.92. The largest absolute Gasteiger partial charge is 0.350 e. The zero-order valence-corrected chi connectivity index (χ0v) is 13.1. The zero-order valence-electron chi connectivity index (χ0n) is 12.3. The lowest BCUT2D eigenvalue weighted by atomic mass is 10.0. The van der Waals surface area contributed by atoms with Crippen molar-refractivity contribution in [1.29, 1.82) is 0 Å². The van der Waals surface area contributed by atoms with Crippen LogP contribution in [0, 0.1) is 13.8 Å². The van der Waals surface area contributed by atoms with Gasteiger partial charge in [-0.3, -0.25) is 4.79 Å². The van der Waals surface area contributed by atoms with Crippen LogP contribution in [0.4, 0.5) is 0 Å². The minimum atomic E-state index is 0.0315. The van der Waals surface area contributed by atoms with Crippen LogP contribution in [-0.4, -0.2) is 11.9 Å². The average Bonchev–Trinajstić information content (AvgIpc) is 2.92. The van der Waals surface area contributed by atoms with E-state index in [0.717, 1.165) is 29.5 Å². The molecule has 0 radical (unpaired) electrons. The second-order valence-electron chi connectivity index (χ2n) is 5.29. The summed E-state index contributed by atoms with van der Waals surface area (Å²) in [5.74, 6) is 0.0315. The van der Waals surface area contributed by atoms with Crippen LogP contribution in [0.15, 0.2) is 35.0 Å². The van der Waals surface area contributed by atoms with Crippen LogP contribution in [0.5, 0.6) is 0 Å². The van der Waals surface area contributed by atoms with Gasteiger partial charge in [0.2, 0.25) is 0 Å². The smallest absolute Gasteiger partial charge is 0.251 e. The predicted molar refractivity (Wildman–Crippen MR) is 85.5 cm³/mol. The van der Waals surface area contributed by atoms with E-state index >= 15 is 0 Å². The maximum Gasteiger partial charge on any atom is 0.251 e. The van der Waals surface area contributed by atoms with Gasteiger partial charge in [0.25, 0.3) is 5.91 Å². The fraction of sp³-hybridized carbons (Fsp3) is 0.353. The fourth-order valence-electron chi connectivity index (χ4n) is 2.19. The van der Waals surface area contributed by atoms with E-state index in [-0.39, 0.29) is 11.9 Å². The topological polar surface area (TPSA) is 29.1 Å². The van der Waals surface area contributed by atoms with Crippen molar-refractivity contribution in [3.05, 3.63) is 57.3 Å². The van der Waals surface area contributed by atoms with Gasteiger partial charge in [0.15, 0.2) is 0 Å². The first-order valence-electron chi connectivity index (χ1n) is 6.96. The van der Waals surface area contributed by atoms with Crippen LogP contribution in [-0.2, 0) is 6.42 Å². The number of thiophene rings is 1. The third-order valence-corrected chi connectivity index (χ3v) is 4.40. The number of hydrogen-bond acceptors (Lipinski definition) is 2. The number of carbonyl (C=O) groups is 1. The van der Waals surface area contributed by atoms with E-state index < -0.39 is 0 Å².